The van der Waals surface area contributed by atoms with Gasteiger partial charge in [-0.3, -0.25) is 10.2 Å². The predicted molar refractivity (Wildman–Crippen MR) is 259 cm³/mol. The Kier molecular flexibility index (Phi) is 25.9. The molecule has 0 aromatic rings. The van der Waals surface area contributed by atoms with Crippen LogP contribution in [0.3, 0.4) is 0 Å². The monoisotopic (exact) mass is 1030 g/mol. The number of hydrogen-bond acceptors (Lipinski definition) is 19. The molecule has 404 valence electrons. The minimum atomic E-state index is -3.92. The van der Waals surface area contributed by atoms with Crippen molar-refractivity contribution in [2.75, 3.05) is 6.26 Å². The van der Waals surface area contributed by atoms with Crippen LogP contribution >= 0.6 is 0 Å². The number of cyclic esters (lactones) is 1. The molecule has 0 aliphatic carbocycles. The Morgan fingerprint density at radius 3 is 1.87 bits per heavy atom. The molecule has 3 aliphatic heterocycles. The molecule has 19 atom stereocenters. The van der Waals surface area contributed by atoms with Crippen molar-refractivity contribution in [3.63, 3.8) is 0 Å². The number of nitrogens with two attached hydrogens (primary N) is 1. The molecule has 3 heterocycles. The van der Waals surface area contributed by atoms with E-state index in [1.807, 2.05) is 23.3 Å². The van der Waals surface area contributed by atoms with E-state index in [0.29, 0.717) is 0 Å². The highest BCUT2D eigenvalue weighted by Gasteiger charge is 2.49. The Balaban J connectivity index is 1.94. The van der Waals surface area contributed by atoms with E-state index in [-0.39, 0.29) is 31.6 Å². The first kappa shape index (κ1) is 61.6. The summed E-state index contributed by atoms with van der Waals surface area (Å²) in [5, 5.41) is 112. The number of aliphatic hydroxyl groups excluding tert-OH is 9. The highest BCUT2D eigenvalue weighted by molar-refractivity contribution is 7.88. The number of esters is 1. The maximum atomic E-state index is 12.9. The van der Waals surface area contributed by atoms with Gasteiger partial charge in [-0.05, 0) is 33.1 Å². The zero-order valence-corrected chi connectivity index (χ0v) is 41.7. The van der Waals surface area contributed by atoms with Gasteiger partial charge in [0.1, 0.15) is 12.2 Å². The van der Waals surface area contributed by atoms with Crippen LogP contribution in [0.15, 0.2) is 85.1 Å². The van der Waals surface area contributed by atoms with Gasteiger partial charge in [0.15, 0.2) is 12.1 Å². The van der Waals surface area contributed by atoms with Crippen LogP contribution in [0.5, 0.6) is 0 Å². The van der Waals surface area contributed by atoms with Crippen LogP contribution in [-0.4, -0.2) is 181 Å². The van der Waals surface area contributed by atoms with E-state index in [1.165, 1.54) is 13.0 Å². The van der Waals surface area contributed by atoms with Gasteiger partial charge in [-0.25, -0.2) is 13.2 Å². The number of nitrogens with one attached hydrogen (secondary N) is 3. The van der Waals surface area contributed by atoms with Gasteiger partial charge in [0, 0.05) is 37.5 Å². The third kappa shape index (κ3) is 22.1. The number of ether oxygens (including phenoxy) is 4. The first-order valence-corrected chi connectivity index (χ1v) is 25.7. The topological polar surface area (TPSA) is 370 Å². The van der Waals surface area contributed by atoms with Gasteiger partial charge >= 0.3 is 12.0 Å². The summed E-state index contributed by atoms with van der Waals surface area (Å²) in [6, 6.07) is -3.69. The van der Waals surface area contributed by atoms with Gasteiger partial charge in [0.2, 0.25) is 10.0 Å². The summed E-state index contributed by atoms with van der Waals surface area (Å²) in [6.45, 7) is 6.71. The normalized spacial score (nSPS) is 42.8. The van der Waals surface area contributed by atoms with Crippen LogP contribution in [0.25, 0.3) is 0 Å². The largest absolute Gasteiger partial charge is 0.462 e. The Morgan fingerprint density at radius 1 is 0.704 bits per heavy atom. The SMILES string of the molecule is C[C@@H]1[C@H](O)[C@@H](C)/C=C/C=C/C=C/C=C/C=C/C=C/C=C/[C@H](O[C@@H]2O[C@H](C)[C@@H](O)[C@H](N)[C@@H]2O)C[C@@H]2O[C@](O)(C[C@@H](O)C[C@@H](O)[C@H](O)CC[C@@H](O)C[C@@H](O)CC(=O)O[C@H]1C)C[C@H](O)[C@H]2NC(=O)NNS(C)(=O)=O. The lowest BCUT2D eigenvalue weighted by atomic mass is 9.87. The molecular weight excluding hydrogens is 953 g/mol. The Bertz CT molecular complexity index is 1970. The smallest absolute Gasteiger partial charge is 0.330 e. The molecule has 0 unspecified atom stereocenters. The molecule has 15 N–H and O–H groups in total. The van der Waals surface area contributed by atoms with E-state index in [2.05, 4.69) is 5.32 Å². The summed E-state index contributed by atoms with van der Waals surface area (Å²) >= 11 is 0. The third-order valence-corrected chi connectivity index (χ3v) is 12.9. The fraction of sp³-hybridized carbons (Fsp3) is 0.667. The molecule has 2 fully saturated rings. The van der Waals surface area contributed by atoms with E-state index in [0.717, 1.165) is 6.26 Å². The third-order valence-electron chi connectivity index (χ3n) is 12.4. The highest BCUT2D eigenvalue weighted by Crippen LogP contribution is 2.35. The molecule has 71 heavy (non-hydrogen) atoms. The maximum Gasteiger partial charge on any atom is 0.330 e. The molecule has 2 amide bonds. The second kappa shape index (κ2) is 29.8. The Labute approximate surface area is 415 Å². The predicted octanol–water partition coefficient (Wildman–Crippen LogP) is -0.857. The fourth-order valence-corrected chi connectivity index (χ4v) is 8.44. The van der Waals surface area contributed by atoms with Crippen LogP contribution in [-0.2, 0) is 33.8 Å². The number of allylic oxidation sites excluding steroid dienone is 12. The van der Waals surface area contributed by atoms with Gasteiger partial charge in [0.25, 0.3) is 0 Å². The van der Waals surface area contributed by atoms with Crippen LogP contribution in [0.1, 0.15) is 79.1 Å². The standard InChI is InChI=1S/C48H78N4O18S/c1-28-18-16-14-12-10-8-6-7-9-11-13-15-17-19-35(69-46-45(62)41(49)44(61)31(4)68-46)25-39-42(50-47(63)51-52-71(5,65)66)38(58)27-48(64,70-39)26-34(55)23-37(57)36(56)21-20-32(53)22-33(54)24-40(59)67-30(3)29(2)43(28)60/h6-19,28-39,41-46,52-58,60-62,64H,20-27,49H2,1-5H3,(H2,50,51,63)/b7-6+,10-8+,11-9+,14-12+,15-13+,18-16+,19-17+/t28-,29-,30-,31+,32+,33+,34-,35-,36+,37+,38-,39-,41-,42+,43+,44+,45-,46-,48+/m0/s1. The number of carbonyl (C=O) groups excluding carboxylic acids is 2. The van der Waals surface area contributed by atoms with Gasteiger partial charge in [0.05, 0.1) is 91.9 Å². The van der Waals surface area contributed by atoms with Crippen molar-refractivity contribution in [3.05, 3.63) is 85.1 Å². The second-order valence-electron chi connectivity index (χ2n) is 18.7. The van der Waals surface area contributed by atoms with Crippen molar-refractivity contribution in [1.82, 2.24) is 15.6 Å². The summed E-state index contributed by atoms with van der Waals surface area (Å²) < 4.78 is 46.9. The van der Waals surface area contributed by atoms with Gasteiger partial charge in [-0.15, -0.1) is 4.83 Å². The Morgan fingerprint density at radius 2 is 1.28 bits per heavy atom. The molecule has 0 aromatic heterocycles. The number of hydrogen-bond donors (Lipinski definition) is 14. The summed E-state index contributed by atoms with van der Waals surface area (Å²) in [5.41, 5.74) is 8.00. The number of urea groups is 1. The first-order chi connectivity index (χ1) is 33.3. The summed E-state index contributed by atoms with van der Waals surface area (Å²) in [5.74, 6) is -3.87. The number of fused-ring (bicyclic) bond motifs is 2. The molecule has 0 aromatic carbocycles. The molecule has 2 bridgehead atoms. The van der Waals surface area contributed by atoms with E-state index in [1.54, 1.807) is 86.8 Å². The molecule has 23 heteroatoms. The quantitative estimate of drug-likeness (QED) is 0.118. The molecule has 2 saturated heterocycles. The Hall–Kier alpha value is -3.73. The van der Waals surface area contributed by atoms with Gasteiger partial charge in [-0.1, -0.05) is 98.9 Å². The van der Waals surface area contributed by atoms with E-state index in [4.69, 9.17) is 24.7 Å². The van der Waals surface area contributed by atoms with Gasteiger partial charge in [-0.2, -0.15) is 0 Å². The number of hydrazine groups is 1. The summed E-state index contributed by atoms with van der Waals surface area (Å²) in [6.07, 6.45) is 3.76. The molecule has 22 nitrogen and oxygen atoms in total. The second-order valence-corrected chi connectivity index (χ2v) is 20.5. The number of carbonyl (C=O) groups is 2. The average molecular weight is 1030 g/mol. The van der Waals surface area contributed by atoms with Crippen molar-refractivity contribution >= 4 is 22.0 Å². The average Bonchev–Trinajstić information content (AvgIpc) is 3.28. The molecule has 3 rings (SSSR count). The zero-order chi connectivity index (χ0) is 53.1. The van der Waals surface area contributed by atoms with E-state index >= 15 is 0 Å². The highest BCUT2D eigenvalue weighted by atomic mass is 32.2. The zero-order valence-electron chi connectivity index (χ0n) is 40.9. The van der Waals surface area contributed by atoms with Crippen molar-refractivity contribution in [1.29, 1.82) is 0 Å². The lowest BCUT2D eigenvalue weighted by molar-refractivity contribution is -0.303. The van der Waals surface area contributed by atoms with E-state index < -0.39 is 157 Å². The summed E-state index contributed by atoms with van der Waals surface area (Å²) in [4.78, 5) is 27.4. The number of sulfonamides is 1. The maximum absolute atomic E-state index is 12.9. The number of amides is 2. The minimum absolute atomic E-state index is 0.130. The van der Waals surface area contributed by atoms with Crippen LogP contribution in [0.2, 0.25) is 0 Å². The molecule has 0 saturated carbocycles. The number of rotatable bonds is 5. The molecule has 0 spiro atoms. The van der Waals surface area contributed by atoms with Crippen molar-refractivity contribution in [3.8, 4) is 0 Å². The van der Waals surface area contributed by atoms with Crippen LogP contribution in [0, 0.1) is 11.8 Å². The van der Waals surface area contributed by atoms with Crippen molar-refractivity contribution in [2.45, 2.75) is 183 Å². The molecule has 3 aliphatic rings. The molecular formula is C48H78N4O18S. The summed E-state index contributed by atoms with van der Waals surface area (Å²) in [7, 11) is -3.92. The fourth-order valence-electron chi connectivity index (χ4n) is 8.16. The van der Waals surface area contributed by atoms with Crippen molar-refractivity contribution in [2.24, 2.45) is 17.6 Å². The lowest BCUT2D eigenvalue weighted by Gasteiger charge is -2.46. The number of aliphatic hydroxyl groups is 10. The van der Waals surface area contributed by atoms with Crippen LogP contribution < -0.4 is 21.3 Å². The minimum Gasteiger partial charge on any atom is -0.462 e. The first-order valence-electron chi connectivity index (χ1n) is 23.8. The van der Waals surface area contributed by atoms with Gasteiger partial charge < -0.3 is 81.1 Å². The van der Waals surface area contributed by atoms with Crippen LogP contribution in [0.4, 0.5) is 4.79 Å². The lowest BCUT2D eigenvalue weighted by Crippen LogP contribution is -2.64. The molecule has 0 radical (unpaired) electrons. The van der Waals surface area contributed by atoms with Crippen molar-refractivity contribution < 1.29 is 88.0 Å². The van der Waals surface area contributed by atoms with E-state index in [9.17, 15) is 69.1 Å².